The SMILES string of the molecule is Cc1ccc(NC(=O)c2nnc(SCC(=O)NCc3cccs3)s2)cc1. The van der Waals surface area contributed by atoms with Crippen LogP contribution in [0.25, 0.3) is 0 Å². The van der Waals surface area contributed by atoms with Crippen LogP contribution >= 0.6 is 34.4 Å². The molecule has 2 N–H and O–H groups in total. The van der Waals surface area contributed by atoms with E-state index in [1.165, 1.54) is 23.1 Å². The fourth-order valence-electron chi connectivity index (χ4n) is 1.96. The number of hydrogen-bond acceptors (Lipinski definition) is 7. The van der Waals surface area contributed by atoms with E-state index in [-0.39, 0.29) is 22.6 Å². The van der Waals surface area contributed by atoms with Gasteiger partial charge in [-0.3, -0.25) is 9.59 Å². The molecule has 0 atom stereocenters. The summed E-state index contributed by atoms with van der Waals surface area (Å²) >= 11 is 4.04. The lowest BCUT2D eigenvalue weighted by Gasteiger charge is -2.02. The maximum Gasteiger partial charge on any atom is 0.286 e. The molecule has 0 radical (unpaired) electrons. The number of nitrogens with zero attached hydrogens (tertiary/aromatic N) is 2. The normalized spacial score (nSPS) is 10.5. The van der Waals surface area contributed by atoms with Crippen molar-refractivity contribution in [3.63, 3.8) is 0 Å². The highest BCUT2D eigenvalue weighted by Crippen LogP contribution is 2.23. The molecule has 3 aromatic rings. The summed E-state index contributed by atoms with van der Waals surface area (Å²) in [6.45, 7) is 2.51. The Morgan fingerprint density at radius 2 is 1.96 bits per heavy atom. The van der Waals surface area contributed by atoms with Gasteiger partial charge in [0.25, 0.3) is 5.91 Å². The maximum absolute atomic E-state index is 12.2. The molecule has 3 rings (SSSR count). The zero-order valence-electron chi connectivity index (χ0n) is 13.9. The number of aryl methyl sites for hydroxylation is 1. The molecule has 0 aliphatic carbocycles. The Morgan fingerprint density at radius 3 is 2.69 bits per heavy atom. The minimum absolute atomic E-state index is 0.0794. The van der Waals surface area contributed by atoms with Gasteiger partial charge in [0, 0.05) is 10.6 Å². The zero-order valence-corrected chi connectivity index (χ0v) is 16.3. The van der Waals surface area contributed by atoms with Crippen LogP contribution in [0.15, 0.2) is 46.1 Å². The van der Waals surface area contributed by atoms with Crippen LogP contribution in [-0.4, -0.2) is 27.8 Å². The summed E-state index contributed by atoms with van der Waals surface area (Å²) in [6, 6.07) is 11.4. The standard InChI is InChI=1S/C17H16N4O2S3/c1-11-4-6-12(7-5-11)19-15(23)16-20-21-17(26-16)25-10-14(22)18-9-13-3-2-8-24-13/h2-8H,9-10H2,1H3,(H,18,22)(H,19,23). The lowest BCUT2D eigenvalue weighted by atomic mass is 10.2. The predicted molar refractivity (Wildman–Crippen MR) is 106 cm³/mol. The highest BCUT2D eigenvalue weighted by molar-refractivity contribution is 8.01. The average molecular weight is 405 g/mol. The van der Waals surface area contributed by atoms with Crippen molar-refractivity contribution in [1.29, 1.82) is 0 Å². The van der Waals surface area contributed by atoms with E-state index < -0.39 is 0 Å². The first-order valence-electron chi connectivity index (χ1n) is 7.73. The number of thioether (sulfide) groups is 1. The van der Waals surface area contributed by atoms with E-state index >= 15 is 0 Å². The van der Waals surface area contributed by atoms with Crippen LogP contribution < -0.4 is 10.6 Å². The van der Waals surface area contributed by atoms with Crippen molar-refractivity contribution in [3.05, 3.63) is 57.2 Å². The summed E-state index contributed by atoms with van der Waals surface area (Å²) in [7, 11) is 0. The van der Waals surface area contributed by atoms with Crippen molar-refractivity contribution in [1.82, 2.24) is 15.5 Å². The highest BCUT2D eigenvalue weighted by atomic mass is 32.2. The van der Waals surface area contributed by atoms with Crippen LogP contribution in [0.5, 0.6) is 0 Å². The molecule has 1 aromatic carbocycles. The van der Waals surface area contributed by atoms with Gasteiger partial charge in [0.05, 0.1) is 12.3 Å². The molecule has 0 unspecified atom stereocenters. The van der Waals surface area contributed by atoms with Crippen LogP contribution in [0.3, 0.4) is 0 Å². The van der Waals surface area contributed by atoms with Crippen LogP contribution in [0.2, 0.25) is 0 Å². The third-order valence-electron chi connectivity index (χ3n) is 3.28. The Hall–Kier alpha value is -2.23. The van der Waals surface area contributed by atoms with Gasteiger partial charge in [-0.1, -0.05) is 46.9 Å². The van der Waals surface area contributed by atoms with Crippen LogP contribution in [0, 0.1) is 6.92 Å². The van der Waals surface area contributed by atoms with Gasteiger partial charge in [0.1, 0.15) is 0 Å². The zero-order chi connectivity index (χ0) is 18.4. The number of amides is 2. The number of carbonyl (C=O) groups excluding carboxylic acids is 2. The molecule has 26 heavy (non-hydrogen) atoms. The Labute approximate surface area is 163 Å². The number of aromatic nitrogens is 2. The summed E-state index contributed by atoms with van der Waals surface area (Å²) in [5.74, 6) is -0.149. The van der Waals surface area contributed by atoms with Crippen molar-refractivity contribution >= 4 is 51.9 Å². The molecule has 0 bridgehead atoms. The Kier molecular flexibility index (Phi) is 6.37. The predicted octanol–water partition coefficient (Wildman–Crippen LogP) is 3.57. The van der Waals surface area contributed by atoms with E-state index in [4.69, 9.17) is 0 Å². The first-order valence-corrected chi connectivity index (χ1v) is 10.4. The lowest BCUT2D eigenvalue weighted by molar-refractivity contribution is -0.118. The number of benzene rings is 1. The second kappa shape index (κ2) is 8.93. The van der Waals surface area contributed by atoms with E-state index in [0.29, 0.717) is 16.6 Å². The quantitative estimate of drug-likeness (QED) is 0.588. The molecule has 0 aliphatic heterocycles. The highest BCUT2D eigenvalue weighted by Gasteiger charge is 2.14. The molecular weight excluding hydrogens is 388 g/mol. The van der Waals surface area contributed by atoms with Crippen molar-refractivity contribution in [3.8, 4) is 0 Å². The molecule has 0 saturated heterocycles. The molecule has 2 amide bonds. The van der Waals surface area contributed by atoms with Gasteiger partial charge in [0.15, 0.2) is 4.34 Å². The van der Waals surface area contributed by atoms with Crippen molar-refractivity contribution < 1.29 is 9.59 Å². The summed E-state index contributed by atoms with van der Waals surface area (Å²) in [5, 5.41) is 15.7. The van der Waals surface area contributed by atoms with Crippen molar-refractivity contribution in [2.24, 2.45) is 0 Å². The second-order valence-corrected chi connectivity index (χ2v) is 8.57. The average Bonchev–Trinajstić information content (AvgIpc) is 3.32. The van der Waals surface area contributed by atoms with Gasteiger partial charge < -0.3 is 10.6 Å². The molecule has 0 saturated carbocycles. The minimum atomic E-state index is -0.305. The molecule has 2 aromatic heterocycles. The van der Waals surface area contributed by atoms with Crippen LogP contribution in [0.1, 0.15) is 20.2 Å². The number of anilines is 1. The van der Waals surface area contributed by atoms with Gasteiger partial charge in [-0.05, 0) is 30.5 Å². The molecule has 0 spiro atoms. The van der Waals surface area contributed by atoms with E-state index in [2.05, 4.69) is 20.8 Å². The number of hydrogen-bond donors (Lipinski definition) is 2. The Bertz CT molecular complexity index is 876. The molecule has 6 nitrogen and oxygen atoms in total. The van der Waals surface area contributed by atoms with Gasteiger partial charge in [0.2, 0.25) is 10.9 Å². The lowest BCUT2D eigenvalue weighted by Crippen LogP contribution is -2.24. The van der Waals surface area contributed by atoms with Crippen LogP contribution in [-0.2, 0) is 11.3 Å². The summed E-state index contributed by atoms with van der Waals surface area (Å²) in [4.78, 5) is 25.2. The van der Waals surface area contributed by atoms with Gasteiger partial charge in [-0.15, -0.1) is 21.5 Å². The molecular formula is C17H16N4O2S3. The summed E-state index contributed by atoms with van der Waals surface area (Å²) in [5.41, 5.74) is 1.83. The van der Waals surface area contributed by atoms with Gasteiger partial charge >= 0.3 is 0 Å². The van der Waals surface area contributed by atoms with E-state index in [1.807, 2.05) is 48.7 Å². The number of rotatable bonds is 7. The number of nitrogens with one attached hydrogen (secondary N) is 2. The maximum atomic E-state index is 12.2. The van der Waals surface area contributed by atoms with E-state index in [1.54, 1.807) is 11.3 Å². The smallest absolute Gasteiger partial charge is 0.286 e. The van der Waals surface area contributed by atoms with Gasteiger partial charge in [-0.2, -0.15) is 0 Å². The Morgan fingerprint density at radius 1 is 1.15 bits per heavy atom. The number of carbonyl (C=O) groups is 2. The Balaban J connectivity index is 1.47. The fourth-order valence-corrected chi connectivity index (χ4v) is 4.18. The second-order valence-electron chi connectivity index (χ2n) is 5.34. The van der Waals surface area contributed by atoms with Crippen molar-refractivity contribution in [2.75, 3.05) is 11.1 Å². The van der Waals surface area contributed by atoms with Crippen molar-refractivity contribution in [2.45, 2.75) is 17.8 Å². The molecule has 0 aliphatic rings. The molecule has 9 heteroatoms. The molecule has 134 valence electrons. The fraction of sp³-hybridized carbons (Fsp3) is 0.176. The molecule has 0 fully saturated rings. The van der Waals surface area contributed by atoms with Crippen LogP contribution in [0.4, 0.5) is 5.69 Å². The first-order chi connectivity index (χ1) is 12.6. The van der Waals surface area contributed by atoms with E-state index in [0.717, 1.165) is 10.4 Å². The monoisotopic (exact) mass is 404 g/mol. The largest absolute Gasteiger partial charge is 0.350 e. The first kappa shape index (κ1) is 18.6. The third kappa shape index (κ3) is 5.38. The number of thiophene rings is 1. The minimum Gasteiger partial charge on any atom is -0.350 e. The third-order valence-corrected chi connectivity index (χ3v) is 6.21. The van der Waals surface area contributed by atoms with Gasteiger partial charge in [-0.25, -0.2) is 0 Å². The topological polar surface area (TPSA) is 84.0 Å². The summed E-state index contributed by atoms with van der Waals surface area (Å²) in [6.07, 6.45) is 0. The molecule has 2 heterocycles. The summed E-state index contributed by atoms with van der Waals surface area (Å²) < 4.78 is 0.588. The van der Waals surface area contributed by atoms with E-state index in [9.17, 15) is 9.59 Å².